The first kappa shape index (κ1) is 13.0. The van der Waals surface area contributed by atoms with E-state index in [0.717, 1.165) is 13.0 Å². The molecule has 1 aliphatic rings. The van der Waals surface area contributed by atoms with Crippen LogP contribution in [0.15, 0.2) is 29.6 Å². The van der Waals surface area contributed by atoms with Crippen LogP contribution < -0.4 is 0 Å². The number of piperidine rings is 1. The lowest BCUT2D eigenvalue weighted by Crippen LogP contribution is -2.40. The van der Waals surface area contributed by atoms with E-state index in [1.165, 1.54) is 15.6 Å². The Kier molecular flexibility index (Phi) is 3.54. The number of fused-ring (bicyclic) bond motifs is 1. The second-order valence-electron chi connectivity index (χ2n) is 5.24. The minimum absolute atomic E-state index is 0.0105. The van der Waals surface area contributed by atoms with Crippen LogP contribution in [-0.4, -0.2) is 30.5 Å². The van der Waals surface area contributed by atoms with E-state index in [2.05, 4.69) is 34.5 Å². The van der Waals surface area contributed by atoms with Crippen molar-refractivity contribution in [1.29, 1.82) is 0 Å². The van der Waals surface area contributed by atoms with Crippen LogP contribution in [0.2, 0.25) is 0 Å². The Labute approximate surface area is 115 Å². The van der Waals surface area contributed by atoms with Crippen LogP contribution in [0.3, 0.4) is 0 Å². The van der Waals surface area contributed by atoms with Crippen molar-refractivity contribution < 1.29 is 8.78 Å². The largest absolute Gasteiger partial charge is 0.303 e. The Balaban J connectivity index is 1.57. The summed E-state index contributed by atoms with van der Waals surface area (Å²) in [4.78, 5) is 2.15. The second-order valence-corrected chi connectivity index (χ2v) is 6.19. The van der Waals surface area contributed by atoms with E-state index < -0.39 is 5.92 Å². The summed E-state index contributed by atoms with van der Waals surface area (Å²) in [6.07, 6.45) is 0.963. The normalized spacial score (nSPS) is 19.9. The van der Waals surface area contributed by atoms with Gasteiger partial charge in [-0.1, -0.05) is 12.1 Å². The highest BCUT2D eigenvalue weighted by Crippen LogP contribution is 2.28. The topological polar surface area (TPSA) is 3.24 Å². The molecule has 0 amide bonds. The maximum absolute atomic E-state index is 13.1. The number of nitrogens with zero attached hydrogens (tertiary/aromatic N) is 1. The van der Waals surface area contributed by atoms with Crippen LogP contribution in [0.25, 0.3) is 10.1 Å². The van der Waals surface area contributed by atoms with Crippen LogP contribution in [0.1, 0.15) is 18.4 Å². The molecule has 19 heavy (non-hydrogen) atoms. The van der Waals surface area contributed by atoms with Gasteiger partial charge >= 0.3 is 0 Å². The molecule has 0 bridgehead atoms. The quantitative estimate of drug-likeness (QED) is 0.816. The van der Waals surface area contributed by atoms with Crippen molar-refractivity contribution in [2.75, 3.05) is 19.6 Å². The molecule has 4 heteroatoms. The first-order chi connectivity index (χ1) is 9.12. The van der Waals surface area contributed by atoms with Gasteiger partial charge in [0.05, 0.1) is 0 Å². The van der Waals surface area contributed by atoms with Crippen molar-refractivity contribution in [3.05, 3.63) is 35.2 Å². The van der Waals surface area contributed by atoms with E-state index in [1.807, 2.05) is 0 Å². The molecule has 0 radical (unpaired) electrons. The number of hydrogen-bond donors (Lipinski definition) is 0. The Bertz CT molecular complexity index is 554. The number of likely N-dealkylation sites (tertiary alicyclic amines) is 1. The van der Waals surface area contributed by atoms with E-state index in [-0.39, 0.29) is 12.8 Å². The monoisotopic (exact) mass is 281 g/mol. The highest BCUT2D eigenvalue weighted by atomic mass is 32.1. The van der Waals surface area contributed by atoms with Crippen molar-refractivity contribution in [3.63, 3.8) is 0 Å². The van der Waals surface area contributed by atoms with Crippen LogP contribution in [0.4, 0.5) is 8.78 Å². The number of alkyl halides is 2. The van der Waals surface area contributed by atoms with Crippen molar-refractivity contribution >= 4 is 21.4 Å². The summed E-state index contributed by atoms with van der Waals surface area (Å²) >= 11 is 1.75. The predicted molar refractivity (Wildman–Crippen MR) is 76.2 cm³/mol. The fourth-order valence-corrected chi connectivity index (χ4v) is 3.33. The fraction of sp³-hybridized carbons (Fsp3) is 0.467. The number of benzene rings is 1. The Hall–Kier alpha value is -1.00. The lowest BCUT2D eigenvalue weighted by atomic mass is 10.1. The zero-order chi connectivity index (χ0) is 13.3. The van der Waals surface area contributed by atoms with Gasteiger partial charge in [-0.3, -0.25) is 0 Å². The van der Waals surface area contributed by atoms with Gasteiger partial charge in [-0.15, -0.1) is 11.3 Å². The van der Waals surface area contributed by atoms with Gasteiger partial charge in [0.1, 0.15) is 0 Å². The number of rotatable bonds is 3. The molecular formula is C15H17F2NS. The standard InChI is InChI=1S/C15H17F2NS/c16-15(17)5-8-18(9-6-15)7-3-12-1-2-14-13(11-12)4-10-19-14/h1-2,4,10-11H,3,5-9H2. The van der Waals surface area contributed by atoms with Crippen LogP contribution in [-0.2, 0) is 6.42 Å². The third-order valence-electron chi connectivity index (χ3n) is 3.82. The van der Waals surface area contributed by atoms with E-state index in [1.54, 1.807) is 11.3 Å². The number of thiophene rings is 1. The molecule has 1 fully saturated rings. The third kappa shape index (κ3) is 3.12. The SMILES string of the molecule is FC1(F)CCN(CCc2ccc3sccc3c2)CC1. The summed E-state index contributed by atoms with van der Waals surface area (Å²) in [6.45, 7) is 1.92. The molecule has 1 nitrogen and oxygen atoms in total. The van der Waals surface area contributed by atoms with Gasteiger partial charge in [-0.25, -0.2) is 8.78 Å². The molecule has 2 heterocycles. The van der Waals surface area contributed by atoms with Gasteiger partial charge in [0, 0.05) is 37.2 Å². The molecular weight excluding hydrogens is 264 g/mol. The molecule has 102 valence electrons. The molecule has 1 aliphatic heterocycles. The van der Waals surface area contributed by atoms with Crippen LogP contribution in [0.5, 0.6) is 0 Å². The minimum atomic E-state index is -2.44. The van der Waals surface area contributed by atoms with Gasteiger partial charge in [-0.05, 0) is 34.9 Å². The summed E-state index contributed by atoms with van der Waals surface area (Å²) in [6, 6.07) is 8.65. The lowest BCUT2D eigenvalue weighted by molar-refractivity contribution is -0.0548. The first-order valence-corrected chi connectivity index (χ1v) is 7.57. The van der Waals surface area contributed by atoms with Gasteiger partial charge in [0.25, 0.3) is 5.92 Å². The molecule has 0 N–H and O–H groups in total. The molecule has 1 aromatic carbocycles. The van der Waals surface area contributed by atoms with Crippen molar-refractivity contribution in [2.45, 2.75) is 25.2 Å². The number of halogens is 2. The summed E-state index contributed by atoms with van der Waals surface area (Å²) in [5, 5.41) is 3.38. The molecule has 1 aromatic heterocycles. The molecule has 1 saturated heterocycles. The number of hydrogen-bond acceptors (Lipinski definition) is 2. The van der Waals surface area contributed by atoms with E-state index >= 15 is 0 Å². The summed E-state index contributed by atoms with van der Waals surface area (Å²) in [5.41, 5.74) is 1.29. The highest BCUT2D eigenvalue weighted by molar-refractivity contribution is 7.17. The Morgan fingerprint density at radius 2 is 1.95 bits per heavy atom. The Morgan fingerprint density at radius 1 is 1.16 bits per heavy atom. The summed E-state index contributed by atoms with van der Waals surface area (Å²) < 4.78 is 27.4. The van der Waals surface area contributed by atoms with Crippen LogP contribution >= 0.6 is 11.3 Å². The molecule has 0 unspecified atom stereocenters. The average molecular weight is 281 g/mol. The smallest absolute Gasteiger partial charge is 0.250 e. The highest BCUT2D eigenvalue weighted by Gasteiger charge is 2.33. The van der Waals surface area contributed by atoms with Gasteiger partial charge in [-0.2, -0.15) is 0 Å². The average Bonchev–Trinajstić information content (AvgIpc) is 2.85. The zero-order valence-electron chi connectivity index (χ0n) is 10.7. The van der Waals surface area contributed by atoms with Crippen molar-refractivity contribution in [3.8, 4) is 0 Å². The van der Waals surface area contributed by atoms with Gasteiger partial charge in [0.15, 0.2) is 0 Å². The summed E-state index contributed by atoms with van der Waals surface area (Å²) in [5.74, 6) is -2.44. The molecule has 2 aromatic rings. The maximum Gasteiger partial charge on any atom is 0.250 e. The molecule has 3 rings (SSSR count). The van der Waals surface area contributed by atoms with E-state index in [9.17, 15) is 8.78 Å². The lowest BCUT2D eigenvalue weighted by Gasteiger charge is -2.31. The van der Waals surface area contributed by atoms with Gasteiger partial charge in [0.2, 0.25) is 0 Å². The molecule has 0 saturated carbocycles. The minimum Gasteiger partial charge on any atom is -0.303 e. The van der Waals surface area contributed by atoms with Crippen LogP contribution in [0, 0.1) is 0 Å². The molecule has 0 atom stereocenters. The summed E-state index contributed by atoms with van der Waals surface area (Å²) in [7, 11) is 0. The predicted octanol–water partition coefficient (Wildman–Crippen LogP) is 4.17. The van der Waals surface area contributed by atoms with E-state index in [4.69, 9.17) is 0 Å². The van der Waals surface area contributed by atoms with Gasteiger partial charge < -0.3 is 4.90 Å². The van der Waals surface area contributed by atoms with E-state index in [0.29, 0.717) is 13.1 Å². The fourth-order valence-electron chi connectivity index (χ4n) is 2.56. The first-order valence-electron chi connectivity index (χ1n) is 6.69. The maximum atomic E-state index is 13.1. The van der Waals surface area contributed by atoms with Crippen molar-refractivity contribution in [1.82, 2.24) is 4.90 Å². The third-order valence-corrected chi connectivity index (χ3v) is 4.72. The molecule has 0 spiro atoms. The Morgan fingerprint density at radius 3 is 2.74 bits per heavy atom. The molecule has 0 aliphatic carbocycles. The zero-order valence-corrected chi connectivity index (χ0v) is 11.6. The second kappa shape index (κ2) is 5.17. The van der Waals surface area contributed by atoms with Crippen molar-refractivity contribution in [2.24, 2.45) is 0 Å².